The zero-order valence-corrected chi connectivity index (χ0v) is 7.14. The van der Waals surface area contributed by atoms with Crippen LogP contribution in [-0.4, -0.2) is 19.5 Å². The molecule has 64 valence electrons. The number of ketones is 1. The lowest BCUT2D eigenvalue weighted by atomic mass is 10.1. The molecule has 0 aliphatic heterocycles. The molecule has 0 atom stereocenters. The molecular weight excluding hydrogens is 140 g/mol. The maximum Gasteiger partial charge on any atom is 0.135 e. The van der Waals surface area contributed by atoms with Gasteiger partial charge in [-0.05, 0) is 25.7 Å². The van der Waals surface area contributed by atoms with E-state index >= 15 is 0 Å². The molecule has 0 heterocycles. The van der Waals surface area contributed by atoms with Crippen LogP contribution in [0.1, 0.15) is 32.1 Å². The van der Waals surface area contributed by atoms with E-state index in [1.165, 1.54) is 0 Å². The molecule has 0 amide bonds. The number of carbonyl (C=O) groups is 1. The van der Waals surface area contributed by atoms with Crippen LogP contribution in [0.15, 0.2) is 0 Å². The number of unbranched alkanes of at least 4 members (excludes halogenated alkanes) is 1. The van der Waals surface area contributed by atoms with E-state index in [2.05, 4.69) is 0 Å². The van der Waals surface area contributed by atoms with Crippen LogP contribution >= 0.6 is 0 Å². The molecule has 0 bridgehead atoms. The fourth-order valence-corrected chi connectivity index (χ4v) is 1.16. The van der Waals surface area contributed by atoms with Crippen molar-refractivity contribution < 1.29 is 9.53 Å². The second-order valence-electron chi connectivity index (χ2n) is 3.19. The van der Waals surface area contributed by atoms with E-state index in [1.54, 1.807) is 7.11 Å². The second-order valence-corrected chi connectivity index (χ2v) is 3.19. The van der Waals surface area contributed by atoms with Gasteiger partial charge in [0.25, 0.3) is 0 Å². The van der Waals surface area contributed by atoms with Gasteiger partial charge in [0.05, 0.1) is 0 Å². The van der Waals surface area contributed by atoms with Crippen molar-refractivity contribution in [2.75, 3.05) is 13.7 Å². The highest BCUT2D eigenvalue weighted by Crippen LogP contribution is 2.31. The van der Waals surface area contributed by atoms with Crippen LogP contribution in [0.5, 0.6) is 0 Å². The van der Waals surface area contributed by atoms with E-state index in [-0.39, 0.29) is 0 Å². The highest BCUT2D eigenvalue weighted by atomic mass is 16.5. The van der Waals surface area contributed by atoms with Gasteiger partial charge in [-0.15, -0.1) is 0 Å². The molecule has 2 nitrogen and oxygen atoms in total. The lowest BCUT2D eigenvalue weighted by Crippen LogP contribution is -2.00. The molecule has 2 heteroatoms. The third-order valence-corrected chi connectivity index (χ3v) is 2.05. The Hall–Kier alpha value is -0.370. The molecule has 1 saturated carbocycles. The van der Waals surface area contributed by atoms with Gasteiger partial charge < -0.3 is 4.74 Å². The van der Waals surface area contributed by atoms with Crippen molar-refractivity contribution in [3.05, 3.63) is 0 Å². The van der Waals surface area contributed by atoms with Gasteiger partial charge in [-0.25, -0.2) is 0 Å². The number of hydrogen-bond donors (Lipinski definition) is 0. The highest BCUT2D eigenvalue weighted by Gasteiger charge is 2.28. The van der Waals surface area contributed by atoms with E-state index in [4.69, 9.17) is 4.74 Å². The summed E-state index contributed by atoms with van der Waals surface area (Å²) < 4.78 is 4.89. The maximum atomic E-state index is 11.1. The van der Waals surface area contributed by atoms with Gasteiger partial charge in [-0.3, -0.25) is 4.79 Å². The van der Waals surface area contributed by atoms with Gasteiger partial charge in [-0.2, -0.15) is 0 Å². The normalized spacial score (nSPS) is 16.8. The predicted octanol–water partition coefficient (Wildman–Crippen LogP) is 1.78. The van der Waals surface area contributed by atoms with Gasteiger partial charge in [0, 0.05) is 26.1 Å². The van der Waals surface area contributed by atoms with E-state index in [1.807, 2.05) is 0 Å². The van der Waals surface area contributed by atoms with Crippen molar-refractivity contribution in [1.82, 2.24) is 0 Å². The zero-order chi connectivity index (χ0) is 8.10. The van der Waals surface area contributed by atoms with Crippen LogP contribution < -0.4 is 0 Å². The molecule has 0 spiro atoms. The SMILES string of the molecule is COCCCCC(=O)C1CC1. The molecule has 0 N–H and O–H groups in total. The van der Waals surface area contributed by atoms with Gasteiger partial charge in [0.15, 0.2) is 0 Å². The smallest absolute Gasteiger partial charge is 0.135 e. The second kappa shape index (κ2) is 4.50. The van der Waals surface area contributed by atoms with Gasteiger partial charge in [0.2, 0.25) is 0 Å². The molecule has 1 rings (SSSR count). The van der Waals surface area contributed by atoms with E-state index in [0.717, 1.165) is 38.7 Å². The summed E-state index contributed by atoms with van der Waals surface area (Å²) in [7, 11) is 1.70. The number of ether oxygens (including phenoxy) is 1. The highest BCUT2D eigenvalue weighted by molar-refractivity contribution is 5.82. The van der Waals surface area contributed by atoms with E-state index in [0.29, 0.717) is 11.7 Å². The lowest BCUT2D eigenvalue weighted by Gasteiger charge is -1.97. The van der Waals surface area contributed by atoms with Crippen LogP contribution in [-0.2, 0) is 9.53 Å². The lowest BCUT2D eigenvalue weighted by molar-refractivity contribution is -0.120. The summed E-state index contributed by atoms with van der Waals surface area (Å²) in [6.07, 6.45) is 5.08. The summed E-state index contributed by atoms with van der Waals surface area (Å²) in [6.45, 7) is 0.790. The Morgan fingerprint density at radius 2 is 2.18 bits per heavy atom. The number of hydrogen-bond acceptors (Lipinski definition) is 2. The summed E-state index contributed by atoms with van der Waals surface area (Å²) in [5.74, 6) is 0.915. The molecule has 0 aromatic carbocycles. The molecule has 1 fully saturated rings. The summed E-state index contributed by atoms with van der Waals surface area (Å²) in [6, 6.07) is 0. The molecule has 0 unspecified atom stereocenters. The van der Waals surface area contributed by atoms with Gasteiger partial charge in [0.1, 0.15) is 5.78 Å². The fourth-order valence-electron chi connectivity index (χ4n) is 1.16. The Kier molecular flexibility index (Phi) is 3.57. The predicted molar refractivity (Wildman–Crippen MR) is 43.5 cm³/mol. The summed E-state index contributed by atoms with van der Waals surface area (Å²) in [4.78, 5) is 11.1. The average Bonchev–Trinajstić information content (AvgIpc) is 2.79. The van der Waals surface area contributed by atoms with Crippen LogP contribution in [0, 0.1) is 5.92 Å². The Balaban J connectivity index is 1.89. The molecule has 0 aromatic heterocycles. The van der Waals surface area contributed by atoms with Crippen LogP contribution in [0.2, 0.25) is 0 Å². The zero-order valence-electron chi connectivity index (χ0n) is 7.14. The molecule has 0 aromatic rings. The number of Topliss-reactive ketones (excluding diaryl/α,β-unsaturated/α-hetero) is 1. The van der Waals surface area contributed by atoms with Crippen molar-refractivity contribution in [3.8, 4) is 0 Å². The monoisotopic (exact) mass is 156 g/mol. The van der Waals surface area contributed by atoms with Crippen molar-refractivity contribution in [1.29, 1.82) is 0 Å². The van der Waals surface area contributed by atoms with Crippen LogP contribution in [0.3, 0.4) is 0 Å². The van der Waals surface area contributed by atoms with E-state index in [9.17, 15) is 4.79 Å². The average molecular weight is 156 g/mol. The standard InChI is InChI=1S/C9H16O2/c1-11-7-3-2-4-9(10)8-5-6-8/h8H,2-7H2,1H3. The van der Waals surface area contributed by atoms with Crippen LogP contribution in [0.25, 0.3) is 0 Å². The van der Waals surface area contributed by atoms with Crippen molar-refractivity contribution in [2.24, 2.45) is 5.92 Å². The molecule has 0 saturated heterocycles. The molecule has 1 aliphatic rings. The summed E-state index contributed by atoms with van der Waals surface area (Å²) in [5.41, 5.74) is 0. The first-order valence-electron chi connectivity index (χ1n) is 4.36. The fraction of sp³-hybridized carbons (Fsp3) is 0.889. The first kappa shape index (κ1) is 8.72. The Morgan fingerprint density at radius 1 is 1.45 bits per heavy atom. The maximum absolute atomic E-state index is 11.1. The first-order valence-corrected chi connectivity index (χ1v) is 4.36. The Bertz CT molecular complexity index is 128. The number of carbonyl (C=O) groups excluding carboxylic acids is 1. The van der Waals surface area contributed by atoms with Crippen molar-refractivity contribution in [2.45, 2.75) is 32.1 Å². The largest absolute Gasteiger partial charge is 0.385 e. The van der Waals surface area contributed by atoms with E-state index < -0.39 is 0 Å². The minimum absolute atomic E-state index is 0.442. The minimum atomic E-state index is 0.442. The molecule has 0 radical (unpaired) electrons. The number of rotatable bonds is 6. The minimum Gasteiger partial charge on any atom is -0.385 e. The summed E-state index contributed by atoms with van der Waals surface area (Å²) in [5, 5.41) is 0. The third kappa shape index (κ3) is 3.51. The summed E-state index contributed by atoms with van der Waals surface area (Å²) >= 11 is 0. The van der Waals surface area contributed by atoms with Gasteiger partial charge in [-0.1, -0.05) is 0 Å². The van der Waals surface area contributed by atoms with Crippen molar-refractivity contribution >= 4 is 5.78 Å². The molecule has 11 heavy (non-hydrogen) atoms. The topological polar surface area (TPSA) is 26.3 Å². The van der Waals surface area contributed by atoms with Crippen LogP contribution in [0.4, 0.5) is 0 Å². The molecular formula is C9H16O2. The van der Waals surface area contributed by atoms with Crippen molar-refractivity contribution in [3.63, 3.8) is 0 Å². The third-order valence-electron chi connectivity index (χ3n) is 2.05. The Morgan fingerprint density at radius 3 is 2.73 bits per heavy atom. The Labute approximate surface area is 67.9 Å². The molecule has 1 aliphatic carbocycles. The quantitative estimate of drug-likeness (QED) is 0.548. The first-order chi connectivity index (χ1) is 5.34. The van der Waals surface area contributed by atoms with Gasteiger partial charge >= 0.3 is 0 Å². The number of methoxy groups -OCH3 is 1.